The van der Waals surface area contributed by atoms with Crippen LogP contribution >= 0.6 is 23.5 Å². The van der Waals surface area contributed by atoms with Crippen LogP contribution in [0.3, 0.4) is 0 Å². The Labute approximate surface area is 200 Å². The number of aliphatic hydroxyl groups excluding tert-OH is 1. The van der Waals surface area contributed by atoms with Crippen molar-refractivity contribution in [3.8, 4) is 0 Å². The number of carboxylic acid groups (broad SMARTS) is 1. The fourth-order valence-electron chi connectivity index (χ4n) is 2.71. The highest BCUT2D eigenvalue weighted by molar-refractivity contribution is 7.98. The number of hydrogen-bond donors (Lipinski definition) is 7. The topological polar surface area (TPSA) is 200 Å². The van der Waals surface area contributed by atoms with Gasteiger partial charge >= 0.3 is 5.97 Å². The second kappa shape index (κ2) is 15.5. The standard InChI is InChI=1S/C19H32N6O6S2/c1-32-5-3-12(20)16(27)23-13(4-6-33-2)17(28)25-15(9-26)18(29)24-14(19(30)31)7-11-8-21-10-22-11/h8,10,12-15,26H,3-7,9,20H2,1-2H3,(H,21,22)(H,23,27)(H,24,29)(H,25,28)(H,30,31). The number of carboxylic acids is 1. The summed E-state index contributed by atoms with van der Waals surface area (Å²) in [6.07, 6.45) is 7.20. The Morgan fingerprint density at radius 2 is 1.58 bits per heavy atom. The molecule has 1 heterocycles. The van der Waals surface area contributed by atoms with Gasteiger partial charge in [-0.3, -0.25) is 14.4 Å². The first-order valence-corrected chi connectivity index (χ1v) is 13.0. The van der Waals surface area contributed by atoms with E-state index in [1.165, 1.54) is 24.3 Å². The Hall–Kier alpha value is -2.29. The Morgan fingerprint density at radius 1 is 1.00 bits per heavy atom. The zero-order valence-electron chi connectivity index (χ0n) is 18.6. The van der Waals surface area contributed by atoms with Crippen LogP contribution in [0.2, 0.25) is 0 Å². The zero-order chi connectivity index (χ0) is 24.8. The molecule has 8 N–H and O–H groups in total. The van der Waals surface area contributed by atoms with Crippen LogP contribution < -0.4 is 21.7 Å². The Morgan fingerprint density at radius 3 is 2.12 bits per heavy atom. The molecule has 0 radical (unpaired) electrons. The van der Waals surface area contributed by atoms with E-state index >= 15 is 0 Å². The van der Waals surface area contributed by atoms with Crippen molar-refractivity contribution in [3.63, 3.8) is 0 Å². The Bertz CT molecular complexity index is 766. The van der Waals surface area contributed by atoms with Crippen molar-refractivity contribution in [2.45, 2.75) is 43.4 Å². The number of aromatic amines is 1. The molecule has 3 amide bonds. The predicted octanol–water partition coefficient (Wildman–Crippen LogP) is -1.68. The van der Waals surface area contributed by atoms with Crippen molar-refractivity contribution in [2.75, 3.05) is 30.6 Å². The molecule has 0 saturated heterocycles. The van der Waals surface area contributed by atoms with Gasteiger partial charge in [-0.05, 0) is 36.9 Å². The molecule has 0 bridgehead atoms. The summed E-state index contributed by atoms with van der Waals surface area (Å²) in [5, 5.41) is 26.3. The average Bonchev–Trinajstić information content (AvgIpc) is 3.30. The van der Waals surface area contributed by atoms with Gasteiger partial charge in [0, 0.05) is 18.3 Å². The molecule has 1 aromatic rings. The summed E-state index contributed by atoms with van der Waals surface area (Å²) in [4.78, 5) is 55.7. The third-order valence-corrected chi connectivity index (χ3v) is 5.91. The number of carbonyl (C=O) groups excluding carboxylic acids is 3. The molecule has 33 heavy (non-hydrogen) atoms. The Kier molecular flexibility index (Phi) is 13.5. The van der Waals surface area contributed by atoms with Gasteiger partial charge in [0.15, 0.2) is 0 Å². The largest absolute Gasteiger partial charge is 0.480 e. The first-order valence-electron chi connectivity index (χ1n) is 10.2. The highest BCUT2D eigenvalue weighted by atomic mass is 32.2. The van der Waals surface area contributed by atoms with Gasteiger partial charge in [-0.1, -0.05) is 0 Å². The van der Waals surface area contributed by atoms with E-state index in [-0.39, 0.29) is 12.8 Å². The summed E-state index contributed by atoms with van der Waals surface area (Å²) in [6.45, 7) is -0.760. The molecule has 0 aliphatic heterocycles. The summed E-state index contributed by atoms with van der Waals surface area (Å²) in [6, 6.07) is -4.45. The van der Waals surface area contributed by atoms with Gasteiger partial charge < -0.3 is 36.9 Å². The van der Waals surface area contributed by atoms with E-state index in [9.17, 15) is 29.4 Å². The second-order valence-electron chi connectivity index (χ2n) is 7.15. The molecule has 4 unspecified atom stereocenters. The summed E-state index contributed by atoms with van der Waals surface area (Å²) in [7, 11) is 0. The van der Waals surface area contributed by atoms with E-state index in [1.807, 2.05) is 12.5 Å². The summed E-state index contributed by atoms with van der Waals surface area (Å²) in [5.74, 6) is -2.08. The number of thioether (sulfide) groups is 2. The van der Waals surface area contributed by atoms with Gasteiger partial charge in [-0.15, -0.1) is 0 Å². The van der Waals surface area contributed by atoms with Crippen LogP contribution in [-0.4, -0.2) is 98.7 Å². The number of aromatic nitrogens is 2. The number of aliphatic hydroxyl groups is 1. The maximum Gasteiger partial charge on any atom is 0.326 e. The second-order valence-corrected chi connectivity index (χ2v) is 9.13. The van der Waals surface area contributed by atoms with Crippen molar-refractivity contribution in [1.82, 2.24) is 25.9 Å². The Balaban J connectivity index is 2.79. The minimum atomic E-state index is -1.40. The molecule has 4 atom stereocenters. The molecule has 12 nitrogen and oxygen atoms in total. The molecule has 14 heteroatoms. The van der Waals surface area contributed by atoms with E-state index in [1.54, 1.807) is 11.8 Å². The smallest absolute Gasteiger partial charge is 0.326 e. The molecule has 1 aromatic heterocycles. The van der Waals surface area contributed by atoms with Gasteiger partial charge in [0.25, 0.3) is 0 Å². The molecule has 186 valence electrons. The first kappa shape index (κ1) is 28.7. The average molecular weight is 505 g/mol. The summed E-state index contributed by atoms with van der Waals surface area (Å²) < 4.78 is 0. The number of H-pyrrole nitrogens is 1. The molecule has 0 aliphatic carbocycles. The number of amides is 3. The highest BCUT2D eigenvalue weighted by Crippen LogP contribution is 2.05. The summed E-state index contributed by atoms with van der Waals surface area (Å²) in [5.41, 5.74) is 6.36. The van der Waals surface area contributed by atoms with Crippen molar-refractivity contribution in [2.24, 2.45) is 5.73 Å². The van der Waals surface area contributed by atoms with E-state index in [2.05, 4.69) is 25.9 Å². The molecule has 0 saturated carbocycles. The van der Waals surface area contributed by atoms with Gasteiger partial charge in [-0.2, -0.15) is 23.5 Å². The van der Waals surface area contributed by atoms with Crippen LogP contribution in [0.5, 0.6) is 0 Å². The van der Waals surface area contributed by atoms with E-state index in [0.717, 1.165) is 0 Å². The SMILES string of the molecule is CSCCC(N)C(=O)NC(CCSC)C(=O)NC(CO)C(=O)NC(Cc1cnc[nH]1)C(=O)O. The zero-order valence-corrected chi connectivity index (χ0v) is 20.2. The van der Waals surface area contributed by atoms with Crippen molar-refractivity contribution < 1.29 is 29.4 Å². The molecule has 0 fully saturated rings. The minimum Gasteiger partial charge on any atom is -0.480 e. The number of aliphatic carboxylic acids is 1. The van der Waals surface area contributed by atoms with Crippen molar-refractivity contribution in [3.05, 3.63) is 18.2 Å². The first-order chi connectivity index (χ1) is 15.7. The lowest BCUT2D eigenvalue weighted by Crippen LogP contribution is -2.58. The lowest BCUT2D eigenvalue weighted by molar-refractivity contribution is -0.142. The monoisotopic (exact) mass is 504 g/mol. The number of hydrogen-bond acceptors (Lipinski definition) is 9. The van der Waals surface area contributed by atoms with Gasteiger partial charge in [-0.25, -0.2) is 9.78 Å². The lowest BCUT2D eigenvalue weighted by Gasteiger charge is -2.24. The molecule has 1 rings (SSSR count). The van der Waals surface area contributed by atoms with Gasteiger partial charge in [0.05, 0.1) is 19.0 Å². The fourth-order valence-corrected chi connectivity index (χ4v) is 3.68. The normalized spacial score (nSPS) is 14.5. The van der Waals surface area contributed by atoms with Crippen LogP contribution in [-0.2, 0) is 25.6 Å². The number of nitrogens with one attached hydrogen (secondary N) is 4. The number of nitrogens with two attached hydrogens (primary N) is 1. The summed E-state index contributed by atoms with van der Waals surface area (Å²) >= 11 is 3.02. The van der Waals surface area contributed by atoms with Crippen molar-refractivity contribution in [1.29, 1.82) is 0 Å². The third kappa shape index (κ3) is 10.5. The van der Waals surface area contributed by atoms with Crippen LogP contribution in [0.25, 0.3) is 0 Å². The molecule has 0 spiro atoms. The van der Waals surface area contributed by atoms with Crippen molar-refractivity contribution >= 4 is 47.2 Å². The molecule has 0 aromatic carbocycles. The lowest BCUT2D eigenvalue weighted by atomic mass is 10.1. The van der Waals surface area contributed by atoms with Gasteiger partial charge in [0.1, 0.15) is 18.1 Å². The highest BCUT2D eigenvalue weighted by Gasteiger charge is 2.30. The number of rotatable bonds is 16. The quantitative estimate of drug-likeness (QED) is 0.136. The fraction of sp³-hybridized carbons (Fsp3) is 0.632. The maximum absolute atomic E-state index is 12.8. The van der Waals surface area contributed by atoms with Crippen LogP contribution in [0, 0.1) is 0 Å². The van der Waals surface area contributed by atoms with E-state index in [4.69, 9.17) is 5.73 Å². The van der Waals surface area contributed by atoms with E-state index < -0.39 is 54.5 Å². The molecular formula is C19H32N6O6S2. The maximum atomic E-state index is 12.8. The predicted molar refractivity (Wildman–Crippen MR) is 127 cm³/mol. The van der Waals surface area contributed by atoms with Crippen LogP contribution in [0.1, 0.15) is 18.5 Å². The molecular weight excluding hydrogens is 472 g/mol. The minimum absolute atomic E-state index is 0.0620. The number of imidazole rings is 1. The molecule has 0 aliphatic rings. The van der Waals surface area contributed by atoms with Crippen LogP contribution in [0.15, 0.2) is 12.5 Å². The number of carbonyl (C=O) groups is 4. The number of nitrogens with zero attached hydrogens (tertiary/aromatic N) is 1. The van der Waals surface area contributed by atoms with Gasteiger partial charge in [0.2, 0.25) is 17.7 Å². The van der Waals surface area contributed by atoms with E-state index in [0.29, 0.717) is 23.6 Å². The third-order valence-electron chi connectivity index (χ3n) is 4.62. The van der Waals surface area contributed by atoms with Crippen LogP contribution in [0.4, 0.5) is 0 Å².